The van der Waals surface area contributed by atoms with Crippen molar-refractivity contribution in [2.24, 2.45) is 0 Å². The van der Waals surface area contributed by atoms with Crippen LogP contribution in [0.25, 0.3) is 0 Å². The topological polar surface area (TPSA) is 67.4 Å². The van der Waals surface area contributed by atoms with E-state index in [1.165, 1.54) is 6.33 Å². The lowest BCUT2D eigenvalue weighted by Crippen LogP contribution is -2.31. The number of benzene rings is 1. The number of hydrogen-bond acceptors (Lipinski definition) is 5. The number of amides is 1. The highest BCUT2D eigenvalue weighted by atomic mass is 16.5. The van der Waals surface area contributed by atoms with E-state index >= 15 is 0 Å². The van der Waals surface area contributed by atoms with Crippen molar-refractivity contribution in [1.29, 1.82) is 0 Å². The van der Waals surface area contributed by atoms with Gasteiger partial charge in [-0.1, -0.05) is 12.1 Å². The summed E-state index contributed by atoms with van der Waals surface area (Å²) in [5.74, 6) is 0.469. The fourth-order valence-corrected chi connectivity index (χ4v) is 2.23. The minimum Gasteiger partial charge on any atom is -0.383 e. The number of nitrogens with one attached hydrogen (secondary N) is 1. The first kappa shape index (κ1) is 16.9. The molecule has 1 N–H and O–H groups in total. The van der Waals surface area contributed by atoms with Crippen molar-refractivity contribution in [2.75, 3.05) is 37.0 Å². The summed E-state index contributed by atoms with van der Waals surface area (Å²) < 4.78 is 4.98. The monoisotopic (exact) mass is 314 g/mol. The molecule has 6 nitrogen and oxygen atoms in total. The average Bonchev–Trinajstić information content (AvgIpc) is 2.56. The summed E-state index contributed by atoms with van der Waals surface area (Å²) >= 11 is 0. The molecule has 0 spiro atoms. The third-order valence-corrected chi connectivity index (χ3v) is 3.37. The summed E-state index contributed by atoms with van der Waals surface area (Å²) in [4.78, 5) is 22.7. The summed E-state index contributed by atoms with van der Waals surface area (Å²) in [7, 11) is 1.64. The molecule has 0 aliphatic carbocycles. The number of rotatable bonds is 7. The summed E-state index contributed by atoms with van der Waals surface area (Å²) in [6.45, 7) is 5.70. The van der Waals surface area contributed by atoms with E-state index in [0.29, 0.717) is 31.2 Å². The minimum atomic E-state index is -0.143. The van der Waals surface area contributed by atoms with Gasteiger partial charge in [-0.3, -0.25) is 4.79 Å². The number of anilines is 2. The van der Waals surface area contributed by atoms with Crippen LogP contribution < -0.4 is 10.2 Å². The predicted molar refractivity (Wildman–Crippen MR) is 90.9 cm³/mol. The molecule has 0 bridgehead atoms. The zero-order valence-corrected chi connectivity index (χ0v) is 13.7. The van der Waals surface area contributed by atoms with Gasteiger partial charge >= 0.3 is 0 Å². The first-order valence-corrected chi connectivity index (χ1v) is 7.59. The summed E-state index contributed by atoms with van der Waals surface area (Å²) in [6.07, 6.45) is 1.40. The van der Waals surface area contributed by atoms with Gasteiger partial charge in [0.1, 0.15) is 17.8 Å². The molecule has 2 aromatic rings. The highest BCUT2D eigenvalue weighted by Crippen LogP contribution is 2.18. The number of ether oxygens (including phenoxy) is 1. The van der Waals surface area contributed by atoms with Crippen LogP contribution in [-0.2, 0) is 4.74 Å². The van der Waals surface area contributed by atoms with E-state index < -0.39 is 0 Å². The second kappa shape index (κ2) is 8.24. The number of aromatic nitrogens is 2. The van der Waals surface area contributed by atoms with Gasteiger partial charge in [0.05, 0.1) is 6.61 Å². The zero-order valence-electron chi connectivity index (χ0n) is 13.7. The van der Waals surface area contributed by atoms with Crippen molar-refractivity contribution in [1.82, 2.24) is 9.97 Å². The molecule has 1 heterocycles. The Labute approximate surface area is 136 Å². The number of carbonyl (C=O) groups excluding carboxylic acids is 1. The van der Waals surface area contributed by atoms with Gasteiger partial charge in [-0.2, -0.15) is 0 Å². The van der Waals surface area contributed by atoms with Crippen LogP contribution in [-0.4, -0.2) is 42.7 Å². The van der Waals surface area contributed by atoms with Crippen LogP contribution in [0.2, 0.25) is 0 Å². The maximum absolute atomic E-state index is 12.8. The molecule has 0 atom stereocenters. The van der Waals surface area contributed by atoms with Crippen molar-refractivity contribution in [3.8, 4) is 0 Å². The molecule has 0 fully saturated rings. The number of aryl methyl sites for hydroxylation is 1. The molecule has 0 aliphatic rings. The number of hydrogen-bond donors (Lipinski definition) is 1. The summed E-state index contributed by atoms with van der Waals surface area (Å²) in [5, 5.41) is 3.10. The molecule has 122 valence electrons. The molecule has 0 unspecified atom stereocenters. The van der Waals surface area contributed by atoms with Gasteiger partial charge in [-0.15, -0.1) is 0 Å². The Morgan fingerprint density at radius 2 is 2.13 bits per heavy atom. The third kappa shape index (κ3) is 4.50. The Morgan fingerprint density at radius 1 is 1.30 bits per heavy atom. The molecule has 1 aromatic carbocycles. The lowest BCUT2D eigenvalue weighted by atomic mass is 10.2. The van der Waals surface area contributed by atoms with Crippen molar-refractivity contribution < 1.29 is 9.53 Å². The van der Waals surface area contributed by atoms with E-state index in [4.69, 9.17) is 4.74 Å². The molecule has 0 radical (unpaired) electrons. The van der Waals surface area contributed by atoms with Gasteiger partial charge in [0, 0.05) is 32.0 Å². The Hall–Kier alpha value is -2.47. The minimum absolute atomic E-state index is 0.143. The SMILES string of the molecule is CCN(C(=O)c1cc(NCCOC)ncn1)c1cccc(C)c1. The second-order valence-corrected chi connectivity index (χ2v) is 5.10. The van der Waals surface area contributed by atoms with Crippen LogP contribution in [0.4, 0.5) is 11.5 Å². The van der Waals surface area contributed by atoms with Gasteiger partial charge in [-0.25, -0.2) is 9.97 Å². The fourth-order valence-electron chi connectivity index (χ4n) is 2.23. The van der Waals surface area contributed by atoms with E-state index in [1.807, 2.05) is 38.1 Å². The van der Waals surface area contributed by atoms with Crippen LogP contribution in [0.15, 0.2) is 36.7 Å². The average molecular weight is 314 g/mol. The van der Waals surface area contributed by atoms with E-state index in [1.54, 1.807) is 18.1 Å². The van der Waals surface area contributed by atoms with Crippen LogP contribution in [0.3, 0.4) is 0 Å². The van der Waals surface area contributed by atoms with E-state index in [0.717, 1.165) is 11.3 Å². The number of nitrogens with zero attached hydrogens (tertiary/aromatic N) is 3. The van der Waals surface area contributed by atoms with E-state index in [9.17, 15) is 4.79 Å². The highest BCUT2D eigenvalue weighted by Gasteiger charge is 2.18. The van der Waals surface area contributed by atoms with Crippen molar-refractivity contribution in [3.63, 3.8) is 0 Å². The normalized spacial score (nSPS) is 10.4. The van der Waals surface area contributed by atoms with Crippen LogP contribution in [0.1, 0.15) is 23.0 Å². The molecule has 23 heavy (non-hydrogen) atoms. The standard InChI is InChI=1S/C17H22N4O2/c1-4-21(14-7-5-6-13(2)10-14)17(22)15-11-16(20-12-19-15)18-8-9-23-3/h5-7,10-12H,4,8-9H2,1-3H3,(H,18,19,20). The molecule has 0 saturated carbocycles. The molecule has 1 amide bonds. The molecule has 0 saturated heterocycles. The van der Waals surface area contributed by atoms with Crippen LogP contribution in [0, 0.1) is 6.92 Å². The maximum atomic E-state index is 12.8. The predicted octanol–water partition coefficient (Wildman–Crippen LogP) is 2.51. The number of methoxy groups -OCH3 is 1. The zero-order chi connectivity index (χ0) is 16.7. The van der Waals surface area contributed by atoms with Crippen LogP contribution in [0.5, 0.6) is 0 Å². The van der Waals surface area contributed by atoms with Gasteiger partial charge in [0.25, 0.3) is 5.91 Å². The number of carbonyl (C=O) groups is 1. The first-order valence-electron chi connectivity index (χ1n) is 7.59. The Bertz CT molecular complexity index is 661. The second-order valence-electron chi connectivity index (χ2n) is 5.10. The quantitative estimate of drug-likeness (QED) is 0.795. The largest absolute Gasteiger partial charge is 0.383 e. The molecule has 2 rings (SSSR count). The van der Waals surface area contributed by atoms with Gasteiger partial charge in [0.2, 0.25) is 0 Å². The first-order chi connectivity index (χ1) is 11.2. The Morgan fingerprint density at radius 3 is 2.83 bits per heavy atom. The van der Waals surface area contributed by atoms with Gasteiger partial charge < -0.3 is 15.0 Å². The lowest BCUT2D eigenvalue weighted by molar-refractivity contribution is 0.0983. The molecular formula is C17H22N4O2. The van der Waals surface area contributed by atoms with Crippen molar-refractivity contribution in [2.45, 2.75) is 13.8 Å². The Kier molecular flexibility index (Phi) is 6.05. The molecule has 6 heteroatoms. The smallest absolute Gasteiger partial charge is 0.277 e. The molecular weight excluding hydrogens is 292 g/mol. The van der Waals surface area contributed by atoms with Crippen molar-refractivity contribution in [3.05, 3.63) is 47.9 Å². The Balaban J connectivity index is 2.19. The van der Waals surface area contributed by atoms with E-state index in [-0.39, 0.29) is 5.91 Å². The fraction of sp³-hybridized carbons (Fsp3) is 0.353. The van der Waals surface area contributed by atoms with Crippen molar-refractivity contribution >= 4 is 17.4 Å². The van der Waals surface area contributed by atoms with Gasteiger partial charge in [-0.05, 0) is 31.5 Å². The molecule has 1 aromatic heterocycles. The lowest BCUT2D eigenvalue weighted by Gasteiger charge is -2.21. The van der Waals surface area contributed by atoms with E-state index in [2.05, 4.69) is 15.3 Å². The molecule has 0 aliphatic heterocycles. The maximum Gasteiger partial charge on any atom is 0.277 e. The van der Waals surface area contributed by atoms with Crippen LogP contribution >= 0.6 is 0 Å². The summed E-state index contributed by atoms with van der Waals surface area (Å²) in [5.41, 5.74) is 2.34. The highest BCUT2D eigenvalue weighted by molar-refractivity contribution is 6.05. The third-order valence-electron chi connectivity index (χ3n) is 3.37. The summed E-state index contributed by atoms with van der Waals surface area (Å²) in [6, 6.07) is 9.52. The van der Waals surface area contributed by atoms with Gasteiger partial charge in [0.15, 0.2) is 0 Å².